The maximum atomic E-state index is 13.2. The van der Waals surface area contributed by atoms with Crippen LogP contribution in [-0.2, 0) is 9.59 Å². The number of amides is 3. The van der Waals surface area contributed by atoms with Gasteiger partial charge in [0.25, 0.3) is 5.91 Å². The number of rotatable bonds is 4. The molecule has 1 aromatic carbocycles. The van der Waals surface area contributed by atoms with Gasteiger partial charge in [-0.05, 0) is 57.0 Å². The summed E-state index contributed by atoms with van der Waals surface area (Å²) in [7, 11) is 0. The van der Waals surface area contributed by atoms with Gasteiger partial charge in [-0.2, -0.15) is 0 Å². The summed E-state index contributed by atoms with van der Waals surface area (Å²) in [6.45, 7) is 3.74. The van der Waals surface area contributed by atoms with Crippen LogP contribution >= 0.6 is 0 Å². The van der Waals surface area contributed by atoms with Gasteiger partial charge in [0.15, 0.2) is 0 Å². The molecule has 3 aliphatic rings. The number of hydrogen-bond acceptors (Lipinski definition) is 8. The summed E-state index contributed by atoms with van der Waals surface area (Å²) in [5.74, 6) is -0.0878. The molecule has 4 heterocycles. The molecule has 8 N–H and O–H groups in total. The molecule has 38 heavy (non-hydrogen) atoms. The number of piperidine rings is 1. The highest BCUT2D eigenvalue weighted by Crippen LogP contribution is 2.32. The van der Waals surface area contributed by atoms with E-state index < -0.39 is 12.1 Å². The average Bonchev–Trinajstić information content (AvgIpc) is 3.59. The van der Waals surface area contributed by atoms with E-state index in [1.54, 1.807) is 30.6 Å². The fourth-order valence-corrected chi connectivity index (χ4v) is 4.99. The van der Waals surface area contributed by atoms with Gasteiger partial charge < -0.3 is 26.0 Å². The molecule has 3 amide bonds. The van der Waals surface area contributed by atoms with Crippen LogP contribution in [0.2, 0.25) is 0 Å². The summed E-state index contributed by atoms with van der Waals surface area (Å²) in [5.41, 5.74) is 8.60. The maximum absolute atomic E-state index is 13.2. The van der Waals surface area contributed by atoms with E-state index >= 15 is 0 Å². The van der Waals surface area contributed by atoms with E-state index in [2.05, 4.69) is 42.2 Å². The zero-order valence-corrected chi connectivity index (χ0v) is 21.1. The summed E-state index contributed by atoms with van der Waals surface area (Å²) in [6.07, 6.45) is 6.13. The van der Waals surface area contributed by atoms with Crippen molar-refractivity contribution < 1.29 is 19.5 Å². The third kappa shape index (κ3) is 5.73. The maximum Gasteiger partial charge on any atom is 0.409 e. The molecular formula is C25H33N9O4. The molecule has 202 valence electrons. The summed E-state index contributed by atoms with van der Waals surface area (Å²) in [6, 6.07) is 4.84. The number of imidazole rings is 1. The fourth-order valence-electron chi connectivity index (χ4n) is 4.99. The zero-order chi connectivity index (χ0) is 26.6. The van der Waals surface area contributed by atoms with Crippen LogP contribution in [0.1, 0.15) is 50.9 Å². The lowest BCUT2D eigenvalue weighted by Gasteiger charge is -2.30. The largest absolute Gasteiger partial charge is 0.465 e. The number of nitrogens with one attached hydrogen (secondary N) is 7. The number of aromatic nitrogens is 2. The van der Waals surface area contributed by atoms with Crippen LogP contribution in [0.4, 0.5) is 16.2 Å². The molecule has 13 heteroatoms. The number of hydrogen-bond donors (Lipinski definition) is 8. The Labute approximate surface area is 219 Å². The number of nitrogens with zero attached hydrogens (tertiary/aromatic N) is 2. The highest BCUT2D eigenvalue weighted by atomic mass is 16.4. The molecule has 0 radical (unpaired) electrons. The summed E-state index contributed by atoms with van der Waals surface area (Å²) >= 11 is 0. The second-order valence-corrected chi connectivity index (χ2v) is 9.89. The second-order valence-electron chi connectivity index (χ2n) is 9.89. The van der Waals surface area contributed by atoms with Gasteiger partial charge in [0.1, 0.15) is 11.5 Å². The minimum absolute atomic E-state index is 0.163. The summed E-state index contributed by atoms with van der Waals surface area (Å²) < 4.78 is 0. The van der Waals surface area contributed by atoms with E-state index in [4.69, 9.17) is 5.11 Å². The lowest BCUT2D eigenvalue weighted by Crippen LogP contribution is -2.48. The van der Waals surface area contributed by atoms with Crippen LogP contribution in [0.3, 0.4) is 0 Å². The first-order valence-electron chi connectivity index (χ1n) is 12.9. The van der Waals surface area contributed by atoms with Crippen LogP contribution in [-0.4, -0.2) is 57.1 Å². The topological polar surface area (TPSA) is 176 Å². The van der Waals surface area contributed by atoms with Gasteiger partial charge in [-0.1, -0.05) is 13.3 Å². The van der Waals surface area contributed by atoms with Crippen molar-refractivity contribution >= 4 is 29.3 Å². The molecule has 1 aromatic heterocycles. The molecule has 0 spiro atoms. The molecule has 3 aliphatic heterocycles. The number of carbonyl (C=O) groups excluding carboxylic acids is 2. The van der Waals surface area contributed by atoms with Crippen LogP contribution in [0, 0.1) is 5.92 Å². The normalized spacial score (nSPS) is 22.2. The van der Waals surface area contributed by atoms with E-state index in [0.29, 0.717) is 59.5 Å². The van der Waals surface area contributed by atoms with Crippen molar-refractivity contribution in [3.63, 3.8) is 0 Å². The summed E-state index contributed by atoms with van der Waals surface area (Å²) in [5, 5.41) is 22.7. The van der Waals surface area contributed by atoms with Crippen molar-refractivity contribution in [2.24, 2.45) is 5.92 Å². The molecule has 1 fully saturated rings. The molecule has 0 aliphatic carbocycles. The first kappa shape index (κ1) is 25.5. The highest BCUT2D eigenvalue weighted by Gasteiger charge is 2.28. The Bertz CT molecular complexity index is 1240. The Kier molecular flexibility index (Phi) is 7.47. The van der Waals surface area contributed by atoms with Crippen molar-refractivity contribution in [1.29, 1.82) is 0 Å². The predicted octanol–water partition coefficient (Wildman–Crippen LogP) is 2.00. The first-order chi connectivity index (χ1) is 18.4. The minimum Gasteiger partial charge on any atom is -0.465 e. The van der Waals surface area contributed by atoms with Crippen molar-refractivity contribution in [2.45, 2.75) is 51.1 Å². The third-order valence-corrected chi connectivity index (χ3v) is 7.16. The molecule has 0 unspecified atom stereocenters. The smallest absolute Gasteiger partial charge is 0.409 e. The van der Waals surface area contributed by atoms with Gasteiger partial charge in [-0.25, -0.2) is 9.78 Å². The van der Waals surface area contributed by atoms with Gasteiger partial charge in [0, 0.05) is 29.4 Å². The Hall–Kier alpha value is -4.10. The van der Waals surface area contributed by atoms with Gasteiger partial charge in [0.05, 0.1) is 23.6 Å². The third-order valence-electron chi connectivity index (χ3n) is 7.16. The lowest BCUT2D eigenvalue weighted by atomic mass is 9.99. The summed E-state index contributed by atoms with van der Waals surface area (Å²) in [4.78, 5) is 45.1. The van der Waals surface area contributed by atoms with E-state index in [0.717, 1.165) is 25.9 Å². The molecule has 5 rings (SSSR count). The quantitative estimate of drug-likeness (QED) is 0.298. The van der Waals surface area contributed by atoms with Gasteiger partial charge in [0.2, 0.25) is 5.91 Å². The van der Waals surface area contributed by atoms with E-state index in [1.807, 2.05) is 11.9 Å². The molecule has 1 saturated heterocycles. The van der Waals surface area contributed by atoms with Gasteiger partial charge >= 0.3 is 6.09 Å². The van der Waals surface area contributed by atoms with E-state index in [9.17, 15) is 14.4 Å². The molecule has 2 aromatic rings. The lowest BCUT2D eigenvalue weighted by molar-refractivity contribution is -0.120. The number of carboxylic acid groups (broad SMARTS) is 1. The van der Waals surface area contributed by atoms with Crippen LogP contribution in [0.15, 0.2) is 36.3 Å². The Morgan fingerprint density at radius 2 is 1.97 bits per heavy atom. The van der Waals surface area contributed by atoms with Crippen molar-refractivity contribution in [3.05, 3.63) is 42.1 Å². The van der Waals surface area contributed by atoms with Crippen molar-refractivity contribution in [1.82, 2.24) is 36.6 Å². The van der Waals surface area contributed by atoms with Crippen LogP contribution < -0.4 is 32.2 Å². The number of benzene rings is 1. The Morgan fingerprint density at radius 3 is 2.76 bits per heavy atom. The Morgan fingerprint density at radius 1 is 1.16 bits per heavy atom. The standard InChI is InChI=1S/C25H33N9O4/c1-14-3-2-4-18(30-24(36)21-13-34(33-32-21)16-7-9-26-10-8-16)22-27-12-20(29-22)17-6-5-15(28-25(37)38)11-19(17)31-23(14)35/h5-6,11-14,16,18,26,28,32-33H,2-4,7-10H2,1H3,(H,27,29)(H,30,36)(H,31,35)(H,37,38)/t14-,18+/m1/s1. The highest BCUT2D eigenvalue weighted by molar-refractivity contribution is 5.98. The number of carbonyl (C=O) groups is 3. The van der Waals surface area contributed by atoms with E-state index in [1.165, 1.54) is 0 Å². The fraction of sp³-hybridized carbons (Fsp3) is 0.440. The first-order valence-corrected chi connectivity index (χ1v) is 12.9. The monoisotopic (exact) mass is 523 g/mol. The SMILES string of the molecule is C[C@@H]1CCC[C@H](NC(=O)C2=CN(C3CCNCC3)NN2)c2ncc([nH]2)-c2ccc(NC(=O)O)cc2NC1=O. The number of fused-ring (bicyclic) bond motifs is 4. The second kappa shape index (κ2) is 11.1. The minimum atomic E-state index is -1.19. The molecule has 2 bridgehead atoms. The molecule has 13 nitrogen and oxygen atoms in total. The molecule has 2 atom stereocenters. The van der Waals surface area contributed by atoms with E-state index in [-0.39, 0.29) is 17.7 Å². The Balaban J connectivity index is 1.38. The van der Waals surface area contributed by atoms with Crippen molar-refractivity contribution in [3.8, 4) is 11.3 Å². The van der Waals surface area contributed by atoms with Crippen LogP contribution in [0.5, 0.6) is 0 Å². The predicted molar refractivity (Wildman–Crippen MR) is 140 cm³/mol. The molecular weight excluding hydrogens is 490 g/mol. The van der Waals surface area contributed by atoms with Gasteiger partial charge in [-0.15, -0.1) is 5.53 Å². The number of aromatic amines is 1. The van der Waals surface area contributed by atoms with Crippen molar-refractivity contribution in [2.75, 3.05) is 23.7 Å². The van der Waals surface area contributed by atoms with Crippen LogP contribution in [0.25, 0.3) is 11.3 Å². The average molecular weight is 524 g/mol. The zero-order valence-electron chi connectivity index (χ0n) is 21.1. The number of H-pyrrole nitrogens is 1. The number of hydrazine groups is 2. The van der Waals surface area contributed by atoms with Gasteiger partial charge in [-0.3, -0.25) is 25.3 Å². The number of anilines is 2. The molecule has 0 saturated carbocycles.